The number of benzene rings is 1. The van der Waals surface area contributed by atoms with Crippen LogP contribution in [-0.4, -0.2) is 26.4 Å². The molecule has 1 aromatic heterocycles. The molecule has 1 heterocycles. The van der Waals surface area contributed by atoms with E-state index in [1.54, 1.807) is 6.20 Å². The third-order valence-corrected chi connectivity index (χ3v) is 6.13. The number of carbonyl (C=O) groups is 1. The van der Waals surface area contributed by atoms with Gasteiger partial charge in [-0.05, 0) is 68.4 Å². The standard InChI is InChI=1S/C19H22N4O/c24-18(17-12-20-23(22-17)16-4-2-1-3-5-16)21-19-9-13-6-14(10-19)8-15(7-13)11-19/h1-5,12-15H,6-11H2,(H,21,24). The molecule has 124 valence electrons. The number of rotatable bonds is 3. The molecule has 5 nitrogen and oxygen atoms in total. The molecule has 4 bridgehead atoms. The molecule has 0 unspecified atom stereocenters. The fourth-order valence-corrected chi connectivity index (χ4v) is 5.62. The minimum atomic E-state index is -0.0702. The summed E-state index contributed by atoms with van der Waals surface area (Å²) in [6, 6.07) is 9.69. The molecule has 6 rings (SSSR count). The maximum atomic E-state index is 12.7. The zero-order valence-electron chi connectivity index (χ0n) is 13.7. The van der Waals surface area contributed by atoms with Crippen LogP contribution < -0.4 is 5.32 Å². The third kappa shape index (κ3) is 2.34. The van der Waals surface area contributed by atoms with E-state index in [4.69, 9.17) is 0 Å². The van der Waals surface area contributed by atoms with Crippen molar-refractivity contribution in [1.82, 2.24) is 20.3 Å². The monoisotopic (exact) mass is 322 g/mol. The van der Waals surface area contributed by atoms with Crippen molar-refractivity contribution in [3.8, 4) is 5.69 Å². The fourth-order valence-electron chi connectivity index (χ4n) is 5.62. The SMILES string of the molecule is O=C(NC12CC3CC(CC(C3)C1)C2)c1cnn(-c2ccccc2)n1. The largest absolute Gasteiger partial charge is 0.345 e. The van der Waals surface area contributed by atoms with E-state index in [-0.39, 0.29) is 11.4 Å². The van der Waals surface area contributed by atoms with E-state index in [1.807, 2.05) is 30.3 Å². The van der Waals surface area contributed by atoms with E-state index in [0.717, 1.165) is 42.7 Å². The minimum absolute atomic E-state index is 0.0162. The Balaban J connectivity index is 1.35. The lowest BCUT2D eigenvalue weighted by Gasteiger charge is -2.56. The van der Waals surface area contributed by atoms with Crippen molar-refractivity contribution >= 4 is 5.91 Å². The van der Waals surface area contributed by atoms with Gasteiger partial charge in [0.25, 0.3) is 5.91 Å². The van der Waals surface area contributed by atoms with Crippen LogP contribution in [0.15, 0.2) is 36.5 Å². The van der Waals surface area contributed by atoms with E-state index in [9.17, 15) is 4.79 Å². The average Bonchev–Trinajstić information content (AvgIpc) is 3.04. The van der Waals surface area contributed by atoms with Crippen molar-refractivity contribution in [2.75, 3.05) is 0 Å². The van der Waals surface area contributed by atoms with Gasteiger partial charge in [0.15, 0.2) is 5.69 Å². The molecule has 1 N–H and O–H groups in total. The third-order valence-electron chi connectivity index (χ3n) is 6.13. The Morgan fingerprint density at radius 1 is 1.04 bits per heavy atom. The zero-order chi connectivity index (χ0) is 16.1. The summed E-state index contributed by atoms with van der Waals surface area (Å²) in [7, 11) is 0. The molecule has 0 atom stereocenters. The van der Waals surface area contributed by atoms with Gasteiger partial charge in [0, 0.05) is 5.54 Å². The van der Waals surface area contributed by atoms with E-state index in [0.29, 0.717) is 5.69 Å². The lowest BCUT2D eigenvalue weighted by Crippen LogP contribution is -2.59. The molecule has 4 aliphatic carbocycles. The Kier molecular flexibility index (Phi) is 3.05. The first-order chi connectivity index (χ1) is 11.7. The van der Waals surface area contributed by atoms with Gasteiger partial charge in [-0.25, -0.2) is 0 Å². The van der Waals surface area contributed by atoms with E-state index in [2.05, 4.69) is 15.5 Å². The van der Waals surface area contributed by atoms with Gasteiger partial charge in [-0.2, -0.15) is 9.90 Å². The summed E-state index contributed by atoms with van der Waals surface area (Å²) in [5.41, 5.74) is 1.29. The van der Waals surface area contributed by atoms with Gasteiger partial charge in [0.05, 0.1) is 11.9 Å². The number of hydrogen-bond donors (Lipinski definition) is 1. The molecule has 1 aromatic carbocycles. The maximum Gasteiger partial charge on any atom is 0.273 e. The second-order valence-electron chi connectivity index (χ2n) is 8.01. The first kappa shape index (κ1) is 14.2. The van der Waals surface area contributed by atoms with Crippen LogP contribution in [0.1, 0.15) is 49.0 Å². The lowest BCUT2D eigenvalue weighted by atomic mass is 9.53. The van der Waals surface area contributed by atoms with Crippen molar-refractivity contribution < 1.29 is 4.79 Å². The molecule has 0 radical (unpaired) electrons. The number of amides is 1. The van der Waals surface area contributed by atoms with Gasteiger partial charge >= 0.3 is 0 Å². The minimum Gasteiger partial charge on any atom is -0.345 e. The Labute approximate surface area is 141 Å². The van der Waals surface area contributed by atoms with Crippen LogP contribution in [-0.2, 0) is 0 Å². The first-order valence-electron chi connectivity index (χ1n) is 8.99. The highest BCUT2D eigenvalue weighted by Crippen LogP contribution is 2.55. The lowest BCUT2D eigenvalue weighted by molar-refractivity contribution is -0.0167. The number of carbonyl (C=O) groups excluding carboxylic acids is 1. The van der Waals surface area contributed by atoms with E-state index >= 15 is 0 Å². The van der Waals surface area contributed by atoms with Gasteiger partial charge in [0.1, 0.15) is 0 Å². The molecule has 4 aliphatic rings. The Morgan fingerprint density at radius 3 is 2.29 bits per heavy atom. The quantitative estimate of drug-likeness (QED) is 0.945. The highest BCUT2D eigenvalue weighted by Gasteiger charge is 2.51. The molecule has 2 aromatic rings. The summed E-state index contributed by atoms with van der Waals surface area (Å²) in [5.74, 6) is 2.38. The van der Waals surface area contributed by atoms with Crippen LogP contribution in [0.5, 0.6) is 0 Å². The summed E-state index contributed by atoms with van der Waals surface area (Å²) in [5, 5.41) is 12.0. The van der Waals surface area contributed by atoms with Crippen LogP contribution in [0, 0.1) is 17.8 Å². The van der Waals surface area contributed by atoms with Crippen LogP contribution in [0.25, 0.3) is 5.69 Å². The second-order valence-corrected chi connectivity index (χ2v) is 8.01. The number of nitrogens with zero attached hydrogens (tertiary/aromatic N) is 3. The highest BCUT2D eigenvalue weighted by molar-refractivity contribution is 5.92. The van der Waals surface area contributed by atoms with Gasteiger partial charge in [0.2, 0.25) is 0 Å². The van der Waals surface area contributed by atoms with Crippen LogP contribution in [0.2, 0.25) is 0 Å². The summed E-state index contributed by atoms with van der Waals surface area (Å²) >= 11 is 0. The van der Waals surface area contributed by atoms with E-state index in [1.165, 1.54) is 24.1 Å². The molecule has 1 amide bonds. The van der Waals surface area contributed by atoms with Crippen molar-refractivity contribution in [2.24, 2.45) is 17.8 Å². The van der Waals surface area contributed by atoms with Crippen molar-refractivity contribution in [2.45, 2.75) is 44.1 Å². The zero-order valence-corrected chi connectivity index (χ0v) is 13.7. The van der Waals surface area contributed by atoms with Crippen LogP contribution >= 0.6 is 0 Å². The molecule has 4 fully saturated rings. The highest BCUT2D eigenvalue weighted by atomic mass is 16.2. The second kappa shape index (κ2) is 5.16. The van der Waals surface area contributed by atoms with E-state index < -0.39 is 0 Å². The smallest absolute Gasteiger partial charge is 0.273 e. The maximum absolute atomic E-state index is 12.7. The molecular formula is C19H22N4O. The predicted molar refractivity (Wildman–Crippen MR) is 89.7 cm³/mol. The van der Waals surface area contributed by atoms with Gasteiger partial charge in [-0.15, -0.1) is 5.10 Å². The molecule has 4 saturated carbocycles. The number of para-hydroxylation sites is 1. The normalized spacial score (nSPS) is 33.6. The topological polar surface area (TPSA) is 59.8 Å². The average molecular weight is 322 g/mol. The molecular weight excluding hydrogens is 300 g/mol. The van der Waals surface area contributed by atoms with Gasteiger partial charge in [-0.3, -0.25) is 4.79 Å². The summed E-state index contributed by atoms with van der Waals surface area (Å²) in [4.78, 5) is 14.3. The van der Waals surface area contributed by atoms with Crippen molar-refractivity contribution in [3.63, 3.8) is 0 Å². The van der Waals surface area contributed by atoms with Crippen molar-refractivity contribution in [1.29, 1.82) is 0 Å². The summed E-state index contributed by atoms with van der Waals surface area (Å²) in [6.07, 6.45) is 9.15. The number of aromatic nitrogens is 3. The van der Waals surface area contributed by atoms with Gasteiger partial charge < -0.3 is 5.32 Å². The van der Waals surface area contributed by atoms with Crippen molar-refractivity contribution in [3.05, 3.63) is 42.2 Å². The fraction of sp³-hybridized carbons (Fsp3) is 0.526. The van der Waals surface area contributed by atoms with Crippen LogP contribution in [0.4, 0.5) is 0 Å². The number of hydrogen-bond acceptors (Lipinski definition) is 3. The summed E-state index contributed by atoms with van der Waals surface area (Å²) < 4.78 is 0. The Morgan fingerprint density at radius 2 is 1.67 bits per heavy atom. The molecule has 0 saturated heterocycles. The first-order valence-corrected chi connectivity index (χ1v) is 8.99. The molecule has 0 spiro atoms. The molecule has 5 heteroatoms. The predicted octanol–water partition coefficient (Wildman–Crippen LogP) is 2.97. The van der Waals surface area contributed by atoms with Gasteiger partial charge in [-0.1, -0.05) is 18.2 Å². The number of nitrogens with one attached hydrogen (secondary N) is 1. The Hall–Kier alpha value is -2.17. The molecule has 24 heavy (non-hydrogen) atoms. The summed E-state index contributed by atoms with van der Waals surface area (Å²) in [6.45, 7) is 0. The van der Waals surface area contributed by atoms with Crippen LogP contribution in [0.3, 0.4) is 0 Å². The Bertz CT molecular complexity index is 731. The molecule has 0 aliphatic heterocycles.